The number of ketones is 1. The van der Waals surface area contributed by atoms with Gasteiger partial charge in [0.05, 0.1) is 24.8 Å². The SMILES string of the molecule is CCC(C(=O)NC(CC(=O)O)C(=O)CSCc1ccccc1)n1ccnc(NCc2nnc(-c3ccccc3)o2)c1=O. The number of Topliss-reactive ketones (excluding diaryl/α,β-unsaturated/α-hetero) is 1. The van der Waals surface area contributed by atoms with E-state index in [1.54, 1.807) is 6.92 Å². The van der Waals surface area contributed by atoms with Gasteiger partial charge in [-0.2, -0.15) is 0 Å². The van der Waals surface area contributed by atoms with Crippen LogP contribution in [0.3, 0.4) is 0 Å². The van der Waals surface area contributed by atoms with Crippen molar-refractivity contribution in [2.75, 3.05) is 11.1 Å². The highest BCUT2D eigenvalue weighted by molar-refractivity contribution is 7.99. The van der Waals surface area contributed by atoms with Crippen LogP contribution in [0, 0.1) is 0 Å². The molecule has 0 radical (unpaired) electrons. The normalized spacial score (nSPS) is 12.3. The highest BCUT2D eigenvalue weighted by Crippen LogP contribution is 2.18. The van der Waals surface area contributed by atoms with E-state index in [4.69, 9.17) is 4.42 Å². The van der Waals surface area contributed by atoms with Gasteiger partial charge in [0.15, 0.2) is 11.6 Å². The minimum Gasteiger partial charge on any atom is -0.481 e. The molecular formula is C29H30N6O6S. The molecule has 2 heterocycles. The van der Waals surface area contributed by atoms with E-state index in [0.29, 0.717) is 11.6 Å². The van der Waals surface area contributed by atoms with Crippen LogP contribution in [0.25, 0.3) is 11.5 Å². The number of hydrogen-bond donors (Lipinski definition) is 3. The van der Waals surface area contributed by atoms with E-state index in [1.807, 2.05) is 60.7 Å². The van der Waals surface area contributed by atoms with E-state index in [1.165, 1.54) is 28.7 Å². The van der Waals surface area contributed by atoms with Crippen molar-refractivity contribution < 1.29 is 23.9 Å². The molecule has 218 valence electrons. The monoisotopic (exact) mass is 590 g/mol. The van der Waals surface area contributed by atoms with Crippen LogP contribution in [0.4, 0.5) is 5.82 Å². The van der Waals surface area contributed by atoms with E-state index >= 15 is 0 Å². The van der Waals surface area contributed by atoms with Gasteiger partial charge in [0.2, 0.25) is 17.7 Å². The Kier molecular flexibility index (Phi) is 10.6. The molecule has 0 aliphatic heterocycles. The van der Waals surface area contributed by atoms with Crippen LogP contribution in [0.2, 0.25) is 0 Å². The predicted molar refractivity (Wildman–Crippen MR) is 157 cm³/mol. The van der Waals surface area contributed by atoms with Crippen molar-refractivity contribution in [3.63, 3.8) is 0 Å². The minimum absolute atomic E-state index is 0.0188. The van der Waals surface area contributed by atoms with Crippen molar-refractivity contribution in [3.8, 4) is 11.5 Å². The summed E-state index contributed by atoms with van der Waals surface area (Å²) in [6.07, 6.45) is 2.37. The van der Waals surface area contributed by atoms with Crippen LogP contribution in [0.5, 0.6) is 0 Å². The number of carbonyl (C=O) groups is 3. The van der Waals surface area contributed by atoms with Gasteiger partial charge >= 0.3 is 5.97 Å². The van der Waals surface area contributed by atoms with Gasteiger partial charge in [-0.15, -0.1) is 22.0 Å². The molecule has 2 unspecified atom stereocenters. The maximum absolute atomic E-state index is 13.2. The Bertz CT molecular complexity index is 1560. The number of rotatable bonds is 15. The standard InChI is InChI=1S/C29H30N6O6S/c1-2-22(27(39)32-21(15-25(37)38)23(36)18-42-17-19-9-5-3-6-10-19)35-14-13-30-26(29(35)40)31-16-24-33-34-28(41-24)20-11-7-4-8-12-20/h3-14,21-22H,2,15-18H2,1H3,(H,30,31)(H,32,39)(H,37,38). The van der Waals surface area contributed by atoms with Gasteiger partial charge in [-0.05, 0) is 24.1 Å². The maximum atomic E-state index is 13.2. The fourth-order valence-electron chi connectivity index (χ4n) is 4.11. The molecule has 13 heteroatoms. The molecule has 0 saturated carbocycles. The van der Waals surface area contributed by atoms with Gasteiger partial charge in [0.1, 0.15) is 6.04 Å². The fraction of sp³-hybridized carbons (Fsp3) is 0.276. The number of carbonyl (C=O) groups excluding carboxylic acids is 2. The summed E-state index contributed by atoms with van der Waals surface area (Å²) in [6.45, 7) is 1.72. The van der Waals surface area contributed by atoms with Gasteiger partial charge in [-0.1, -0.05) is 55.5 Å². The molecule has 3 N–H and O–H groups in total. The number of carboxylic acid groups (broad SMARTS) is 1. The Morgan fingerprint density at radius 3 is 2.45 bits per heavy atom. The summed E-state index contributed by atoms with van der Waals surface area (Å²) in [5.74, 6) is -1.17. The first-order chi connectivity index (χ1) is 20.4. The van der Waals surface area contributed by atoms with Crippen molar-refractivity contribution in [2.45, 2.75) is 44.1 Å². The van der Waals surface area contributed by atoms with Gasteiger partial charge in [-0.3, -0.25) is 23.7 Å². The molecule has 0 spiro atoms. The minimum atomic E-state index is -1.24. The molecule has 4 rings (SSSR count). The number of aliphatic carboxylic acids is 1. The second-order valence-electron chi connectivity index (χ2n) is 9.24. The molecule has 0 aliphatic carbocycles. The zero-order chi connectivity index (χ0) is 29.9. The fourth-order valence-corrected chi connectivity index (χ4v) is 5.05. The molecule has 1 amide bonds. The van der Waals surface area contributed by atoms with Crippen molar-refractivity contribution in [3.05, 3.63) is 94.9 Å². The first kappa shape index (κ1) is 30.2. The lowest BCUT2D eigenvalue weighted by molar-refractivity contribution is -0.140. The maximum Gasteiger partial charge on any atom is 0.305 e. The zero-order valence-electron chi connectivity index (χ0n) is 22.8. The number of anilines is 1. The number of benzene rings is 2. The molecule has 12 nitrogen and oxygen atoms in total. The average molecular weight is 591 g/mol. The molecule has 2 atom stereocenters. The second kappa shape index (κ2) is 14.7. The summed E-state index contributed by atoms with van der Waals surface area (Å²) < 4.78 is 6.85. The van der Waals surface area contributed by atoms with Gasteiger partial charge in [0, 0.05) is 23.7 Å². The molecule has 0 bridgehead atoms. The number of carboxylic acids is 1. The second-order valence-corrected chi connectivity index (χ2v) is 10.2. The lowest BCUT2D eigenvalue weighted by atomic mass is 10.1. The van der Waals surface area contributed by atoms with Crippen LogP contribution >= 0.6 is 11.8 Å². The summed E-state index contributed by atoms with van der Waals surface area (Å²) in [5, 5.41) is 22.8. The summed E-state index contributed by atoms with van der Waals surface area (Å²) >= 11 is 1.33. The van der Waals surface area contributed by atoms with Crippen molar-refractivity contribution >= 4 is 35.2 Å². The quantitative estimate of drug-likeness (QED) is 0.186. The first-order valence-corrected chi connectivity index (χ1v) is 14.4. The topological polar surface area (TPSA) is 169 Å². The molecule has 2 aromatic heterocycles. The summed E-state index contributed by atoms with van der Waals surface area (Å²) in [5.41, 5.74) is 1.20. The van der Waals surface area contributed by atoms with Crippen molar-refractivity contribution in [1.29, 1.82) is 0 Å². The van der Waals surface area contributed by atoms with Crippen LogP contribution < -0.4 is 16.2 Å². The third-order valence-electron chi connectivity index (χ3n) is 6.23. The summed E-state index contributed by atoms with van der Waals surface area (Å²) in [4.78, 5) is 54.9. The van der Waals surface area contributed by atoms with Crippen LogP contribution in [-0.2, 0) is 26.7 Å². The predicted octanol–water partition coefficient (Wildman–Crippen LogP) is 3.32. The average Bonchev–Trinajstić information content (AvgIpc) is 3.47. The van der Waals surface area contributed by atoms with Crippen LogP contribution in [0.1, 0.15) is 37.3 Å². The first-order valence-electron chi connectivity index (χ1n) is 13.2. The highest BCUT2D eigenvalue weighted by atomic mass is 32.2. The Morgan fingerprint density at radius 1 is 1.05 bits per heavy atom. The van der Waals surface area contributed by atoms with Crippen molar-refractivity contribution in [2.24, 2.45) is 0 Å². The van der Waals surface area contributed by atoms with Crippen LogP contribution in [-0.4, -0.2) is 54.3 Å². The lowest BCUT2D eigenvalue weighted by Crippen LogP contribution is -2.47. The smallest absolute Gasteiger partial charge is 0.305 e. The Balaban J connectivity index is 1.41. The molecule has 0 fully saturated rings. The largest absolute Gasteiger partial charge is 0.481 e. The Hall–Kier alpha value is -4.78. The third-order valence-corrected chi connectivity index (χ3v) is 7.25. The van der Waals surface area contributed by atoms with E-state index in [-0.39, 0.29) is 30.4 Å². The van der Waals surface area contributed by atoms with E-state index in [9.17, 15) is 24.3 Å². The third kappa shape index (κ3) is 8.13. The zero-order valence-corrected chi connectivity index (χ0v) is 23.6. The molecule has 4 aromatic rings. The van der Waals surface area contributed by atoms with Gasteiger partial charge < -0.3 is 20.2 Å². The molecule has 2 aromatic carbocycles. The number of hydrogen-bond acceptors (Lipinski definition) is 10. The highest BCUT2D eigenvalue weighted by Gasteiger charge is 2.28. The molecule has 0 saturated heterocycles. The van der Waals surface area contributed by atoms with E-state index in [2.05, 4.69) is 25.8 Å². The van der Waals surface area contributed by atoms with Crippen molar-refractivity contribution in [1.82, 2.24) is 25.1 Å². The van der Waals surface area contributed by atoms with E-state index < -0.39 is 41.7 Å². The number of amides is 1. The Labute approximate surface area is 245 Å². The molecule has 0 aliphatic rings. The summed E-state index contributed by atoms with van der Waals surface area (Å²) in [6, 6.07) is 16.5. The molecule has 42 heavy (non-hydrogen) atoms. The van der Waals surface area contributed by atoms with Gasteiger partial charge in [-0.25, -0.2) is 4.98 Å². The number of nitrogens with zero attached hydrogens (tertiary/aromatic N) is 4. The summed E-state index contributed by atoms with van der Waals surface area (Å²) in [7, 11) is 0. The number of aromatic nitrogens is 4. The van der Waals surface area contributed by atoms with Gasteiger partial charge in [0.25, 0.3) is 5.56 Å². The lowest BCUT2D eigenvalue weighted by Gasteiger charge is -2.22. The number of thioether (sulfide) groups is 1. The Morgan fingerprint density at radius 2 is 1.76 bits per heavy atom. The van der Waals surface area contributed by atoms with Crippen LogP contribution in [0.15, 0.2) is 82.3 Å². The number of nitrogens with one attached hydrogen (secondary N) is 2. The molecular weight excluding hydrogens is 560 g/mol. The van der Waals surface area contributed by atoms with E-state index in [0.717, 1.165) is 11.1 Å².